The molecule has 0 radical (unpaired) electrons. The van der Waals surface area contributed by atoms with Crippen LogP contribution in [0.1, 0.15) is 37.0 Å². The number of hydrogen-bond acceptors (Lipinski definition) is 2. The fourth-order valence-corrected chi connectivity index (χ4v) is 4.45. The summed E-state index contributed by atoms with van der Waals surface area (Å²) in [7, 11) is 0. The van der Waals surface area contributed by atoms with Crippen LogP contribution in [0.3, 0.4) is 0 Å². The Balaban J connectivity index is 1.98. The van der Waals surface area contributed by atoms with Gasteiger partial charge in [-0.15, -0.1) is 0 Å². The van der Waals surface area contributed by atoms with Crippen molar-refractivity contribution in [3.63, 3.8) is 0 Å². The van der Waals surface area contributed by atoms with E-state index < -0.39 is 6.04 Å². The Bertz CT molecular complexity index is 1140. The number of carbonyl (C=O) groups is 2. The highest BCUT2D eigenvalue weighted by Crippen LogP contribution is 2.24. The lowest BCUT2D eigenvalue weighted by Gasteiger charge is -2.32. The average molecular weight is 576 g/mol. The fraction of sp³-hybridized carbons (Fsp3) is 0.286. The van der Waals surface area contributed by atoms with Gasteiger partial charge in [-0.2, -0.15) is 0 Å². The minimum absolute atomic E-state index is 0.00360. The van der Waals surface area contributed by atoms with Crippen molar-refractivity contribution >= 4 is 50.9 Å². The van der Waals surface area contributed by atoms with Gasteiger partial charge in [0.05, 0.1) is 6.42 Å². The topological polar surface area (TPSA) is 49.4 Å². The third-order valence-electron chi connectivity index (χ3n) is 5.90. The van der Waals surface area contributed by atoms with Crippen molar-refractivity contribution in [3.8, 4) is 0 Å². The number of halogens is 3. The number of amides is 2. The van der Waals surface area contributed by atoms with Crippen LogP contribution in [0, 0.1) is 0 Å². The second-order valence-corrected chi connectivity index (χ2v) is 10.3. The first-order valence-electron chi connectivity index (χ1n) is 11.6. The maximum atomic E-state index is 13.8. The van der Waals surface area contributed by atoms with Crippen LogP contribution in [0.15, 0.2) is 77.3 Å². The predicted octanol–water partition coefficient (Wildman–Crippen LogP) is 6.85. The van der Waals surface area contributed by atoms with Gasteiger partial charge in [0.15, 0.2) is 0 Å². The SMILES string of the molecule is CC[C@H](C)NC(=O)[C@H](Cc1ccccc1)N(Cc1ccc(Br)cc1)C(=O)Cc1ccc(Cl)cc1Cl. The van der Waals surface area contributed by atoms with Crippen LogP contribution in [0.5, 0.6) is 0 Å². The highest BCUT2D eigenvalue weighted by molar-refractivity contribution is 9.10. The summed E-state index contributed by atoms with van der Waals surface area (Å²) in [5, 5.41) is 4.02. The predicted molar refractivity (Wildman–Crippen MR) is 147 cm³/mol. The molecule has 2 amide bonds. The molecule has 0 heterocycles. The first-order valence-corrected chi connectivity index (χ1v) is 13.1. The van der Waals surface area contributed by atoms with Crippen molar-refractivity contribution in [3.05, 3.63) is 104 Å². The van der Waals surface area contributed by atoms with Gasteiger partial charge in [-0.3, -0.25) is 9.59 Å². The molecule has 0 aliphatic heterocycles. The second-order valence-electron chi connectivity index (χ2n) is 8.58. The van der Waals surface area contributed by atoms with Crippen molar-refractivity contribution in [2.24, 2.45) is 0 Å². The van der Waals surface area contributed by atoms with E-state index in [2.05, 4.69) is 21.2 Å². The molecule has 1 N–H and O–H groups in total. The summed E-state index contributed by atoms with van der Waals surface area (Å²) in [5.41, 5.74) is 2.58. The lowest BCUT2D eigenvalue weighted by atomic mass is 10.0. The first kappa shape index (κ1) is 27.3. The largest absolute Gasteiger partial charge is 0.352 e. The smallest absolute Gasteiger partial charge is 0.243 e. The Morgan fingerprint density at radius 2 is 1.66 bits per heavy atom. The van der Waals surface area contributed by atoms with Gasteiger partial charge in [-0.05, 0) is 54.3 Å². The van der Waals surface area contributed by atoms with E-state index in [0.717, 1.165) is 22.0 Å². The van der Waals surface area contributed by atoms with Crippen LogP contribution in [0.25, 0.3) is 0 Å². The normalized spacial score (nSPS) is 12.6. The van der Waals surface area contributed by atoms with E-state index >= 15 is 0 Å². The minimum Gasteiger partial charge on any atom is -0.352 e. The molecule has 0 aliphatic carbocycles. The summed E-state index contributed by atoms with van der Waals surface area (Å²) in [6, 6.07) is 21.9. The lowest BCUT2D eigenvalue weighted by Crippen LogP contribution is -2.52. The lowest BCUT2D eigenvalue weighted by molar-refractivity contribution is -0.141. The minimum atomic E-state index is -0.686. The molecule has 3 rings (SSSR count). The standard InChI is InChI=1S/C28H29BrCl2N2O2/c1-3-19(2)32-28(35)26(15-20-7-5-4-6-8-20)33(18-21-9-12-23(29)13-10-21)27(34)16-22-11-14-24(30)17-25(22)31/h4-14,17,19,26H,3,15-16,18H2,1-2H3,(H,32,35)/t19-,26-/m0/s1. The van der Waals surface area contributed by atoms with E-state index in [-0.39, 0.29) is 24.3 Å². The quantitative estimate of drug-likeness (QED) is 0.287. The summed E-state index contributed by atoms with van der Waals surface area (Å²) in [4.78, 5) is 28.9. The van der Waals surface area contributed by atoms with Gasteiger partial charge < -0.3 is 10.2 Å². The zero-order chi connectivity index (χ0) is 25.4. The van der Waals surface area contributed by atoms with E-state index in [1.807, 2.05) is 68.4 Å². The molecule has 0 aromatic heterocycles. The molecule has 0 spiro atoms. The molecule has 2 atom stereocenters. The van der Waals surface area contributed by atoms with Gasteiger partial charge in [0.25, 0.3) is 0 Å². The maximum Gasteiger partial charge on any atom is 0.243 e. The summed E-state index contributed by atoms with van der Waals surface area (Å²) in [6.07, 6.45) is 1.26. The Labute approximate surface area is 225 Å². The van der Waals surface area contributed by atoms with E-state index in [1.165, 1.54) is 0 Å². The van der Waals surface area contributed by atoms with Crippen molar-refractivity contribution in [1.29, 1.82) is 0 Å². The Morgan fingerprint density at radius 1 is 0.971 bits per heavy atom. The highest BCUT2D eigenvalue weighted by Gasteiger charge is 2.31. The number of carbonyl (C=O) groups excluding carboxylic acids is 2. The molecule has 184 valence electrons. The van der Waals surface area contributed by atoms with Crippen LogP contribution >= 0.6 is 39.1 Å². The molecule has 0 unspecified atom stereocenters. The zero-order valence-corrected chi connectivity index (χ0v) is 22.9. The van der Waals surface area contributed by atoms with Crippen LogP contribution in [-0.2, 0) is 29.0 Å². The summed E-state index contributed by atoms with van der Waals surface area (Å²) in [6.45, 7) is 4.28. The molecular weight excluding hydrogens is 547 g/mol. The van der Waals surface area contributed by atoms with E-state index in [0.29, 0.717) is 28.6 Å². The number of hydrogen-bond donors (Lipinski definition) is 1. The molecule has 0 bridgehead atoms. The van der Waals surface area contributed by atoms with Crippen molar-refractivity contribution in [1.82, 2.24) is 10.2 Å². The number of benzene rings is 3. The second kappa shape index (κ2) is 13.1. The van der Waals surface area contributed by atoms with E-state index in [1.54, 1.807) is 23.1 Å². The van der Waals surface area contributed by atoms with Crippen molar-refractivity contribution in [2.45, 2.75) is 51.7 Å². The molecule has 35 heavy (non-hydrogen) atoms. The van der Waals surface area contributed by atoms with Gasteiger partial charge in [0.1, 0.15) is 6.04 Å². The molecule has 0 saturated heterocycles. The summed E-state index contributed by atoms with van der Waals surface area (Å²) in [5.74, 6) is -0.353. The third kappa shape index (κ3) is 8.09. The summed E-state index contributed by atoms with van der Waals surface area (Å²) >= 11 is 15.9. The van der Waals surface area contributed by atoms with E-state index in [9.17, 15) is 9.59 Å². The van der Waals surface area contributed by atoms with Crippen molar-refractivity contribution < 1.29 is 9.59 Å². The number of nitrogens with one attached hydrogen (secondary N) is 1. The summed E-state index contributed by atoms with van der Waals surface area (Å²) < 4.78 is 0.947. The van der Waals surface area contributed by atoms with Crippen LogP contribution in [-0.4, -0.2) is 28.8 Å². The van der Waals surface area contributed by atoms with Crippen molar-refractivity contribution in [2.75, 3.05) is 0 Å². The molecule has 0 saturated carbocycles. The first-order chi connectivity index (χ1) is 16.8. The van der Waals surface area contributed by atoms with E-state index in [4.69, 9.17) is 23.2 Å². The molecular formula is C28H29BrCl2N2O2. The number of rotatable bonds is 10. The fourth-order valence-electron chi connectivity index (χ4n) is 3.71. The molecule has 0 aliphatic rings. The maximum absolute atomic E-state index is 13.8. The molecule has 3 aromatic carbocycles. The van der Waals surface area contributed by atoms with Crippen LogP contribution in [0.2, 0.25) is 10.0 Å². The van der Waals surface area contributed by atoms with Crippen LogP contribution < -0.4 is 5.32 Å². The van der Waals surface area contributed by atoms with Gasteiger partial charge in [-0.1, -0.05) is 94.6 Å². The molecule has 7 heteroatoms. The van der Waals surface area contributed by atoms with Gasteiger partial charge in [0, 0.05) is 33.5 Å². The van der Waals surface area contributed by atoms with Crippen LogP contribution in [0.4, 0.5) is 0 Å². The van der Waals surface area contributed by atoms with Gasteiger partial charge in [0.2, 0.25) is 11.8 Å². The van der Waals surface area contributed by atoms with Gasteiger partial charge >= 0.3 is 0 Å². The zero-order valence-electron chi connectivity index (χ0n) is 19.8. The Kier molecular flexibility index (Phi) is 10.2. The molecule has 4 nitrogen and oxygen atoms in total. The Hall–Kier alpha value is -2.34. The number of nitrogens with zero attached hydrogens (tertiary/aromatic N) is 1. The monoisotopic (exact) mass is 574 g/mol. The molecule has 3 aromatic rings. The third-order valence-corrected chi connectivity index (χ3v) is 7.01. The molecule has 0 fully saturated rings. The van der Waals surface area contributed by atoms with Gasteiger partial charge in [-0.25, -0.2) is 0 Å². The average Bonchev–Trinajstić information content (AvgIpc) is 2.84. The highest BCUT2D eigenvalue weighted by atomic mass is 79.9. The Morgan fingerprint density at radius 3 is 2.29 bits per heavy atom.